The highest BCUT2D eigenvalue weighted by Crippen LogP contribution is 2.07. The van der Waals surface area contributed by atoms with E-state index in [2.05, 4.69) is 25.2 Å². The van der Waals surface area contributed by atoms with Gasteiger partial charge in [0, 0.05) is 18.3 Å². The number of hydrogen-bond donors (Lipinski definition) is 2. The number of nitrogen functional groups attached to an aromatic ring is 1. The Morgan fingerprint density at radius 2 is 2.20 bits per heavy atom. The number of nitrogens with two attached hydrogens (primary N) is 1. The van der Waals surface area contributed by atoms with Gasteiger partial charge in [0.2, 0.25) is 0 Å². The number of hydrogen-bond acceptors (Lipinski definition) is 2. The molecule has 2 heteroatoms. The highest BCUT2D eigenvalue weighted by molar-refractivity contribution is 5.40. The van der Waals surface area contributed by atoms with Gasteiger partial charge in [-0.15, -0.1) is 0 Å². The van der Waals surface area contributed by atoms with Crippen molar-refractivity contribution in [2.24, 2.45) is 0 Å². The van der Waals surface area contributed by atoms with Gasteiger partial charge in [0.25, 0.3) is 0 Å². The lowest BCUT2D eigenvalue weighted by Gasteiger charge is -2.13. The molecule has 1 atom stereocenters. The molecule has 3 N–H and O–H groups in total. The Kier molecular flexibility index (Phi) is 5.19. The van der Waals surface area contributed by atoms with Crippen LogP contribution in [0.1, 0.15) is 38.7 Å². The second-order valence-corrected chi connectivity index (χ2v) is 4.17. The Morgan fingerprint density at radius 3 is 2.87 bits per heavy atom. The number of unbranched alkanes of at least 4 members (excludes halogenated alkanes) is 1. The smallest absolute Gasteiger partial charge is 0.0317 e. The van der Waals surface area contributed by atoms with Gasteiger partial charge in [0.05, 0.1) is 0 Å². The van der Waals surface area contributed by atoms with Crippen LogP contribution in [0.3, 0.4) is 0 Å². The monoisotopic (exact) mass is 206 g/mol. The molecule has 0 saturated carbocycles. The number of nitrogens with one attached hydrogen (secondary N) is 1. The van der Waals surface area contributed by atoms with Gasteiger partial charge in [-0.05, 0) is 31.0 Å². The van der Waals surface area contributed by atoms with Crippen LogP contribution in [0.25, 0.3) is 0 Å². The predicted molar refractivity (Wildman–Crippen MR) is 66.7 cm³/mol. The zero-order valence-corrected chi connectivity index (χ0v) is 9.79. The molecular formula is C13H22N2. The maximum absolute atomic E-state index is 5.72. The zero-order chi connectivity index (χ0) is 11.1. The van der Waals surface area contributed by atoms with E-state index in [0.29, 0.717) is 6.04 Å². The highest BCUT2D eigenvalue weighted by atomic mass is 14.9. The van der Waals surface area contributed by atoms with Gasteiger partial charge in [-0.3, -0.25) is 0 Å². The summed E-state index contributed by atoms with van der Waals surface area (Å²) >= 11 is 0. The van der Waals surface area contributed by atoms with Gasteiger partial charge in [-0.25, -0.2) is 0 Å². The molecule has 0 aliphatic carbocycles. The fraction of sp³-hybridized carbons (Fsp3) is 0.538. The summed E-state index contributed by atoms with van der Waals surface area (Å²) in [5.74, 6) is 0. The summed E-state index contributed by atoms with van der Waals surface area (Å²) in [5.41, 5.74) is 7.82. The molecule has 0 bridgehead atoms. The predicted octanol–water partition coefficient (Wildman–Crippen LogP) is 2.94. The third-order valence-electron chi connectivity index (χ3n) is 2.60. The van der Waals surface area contributed by atoms with Crippen LogP contribution in [0.15, 0.2) is 24.3 Å². The van der Waals surface area contributed by atoms with Crippen molar-refractivity contribution in [3.05, 3.63) is 29.8 Å². The first-order valence-electron chi connectivity index (χ1n) is 5.80. The number of anilines is 1. The average molecular weight is 206 g/mol. The number of benzene rings is 1. The number of rotatable bonds is 6. The standard InChI is InChI=1S/C13H22N2/c1-3-4-6-11(2)15-10-12-7-5-8-13(14)9-12/h5,7-9,11,15H,3-4,6,10,14H2,1-2H3. The molecule has 1 aromatic rings. The van der Waals surface area contributed by atoms with E-state index in [0.717, 1.165) is 12.2 Å². The minimum absolute atomic E-state index is 0.589. The molecule has 2 nitrogen and oxygen atoms in total. The minimum Gasteiger partial charge on any atom is -0.399 e. The second kappa shape index (κ2) is 6.46. The van der Waals surface area contributed by atoms with Gasteiger partial charge in [-0.1, -0.05) is 31.9 Å². The normalized spacial score (nSPS) is 12.7. The summed E-state index contributed by atoms with van der Waals surface area (Å²) in [6.45, 7) is 5.38. The minimum atomic E-state index is 0.589. The first kappa shape index (κ1) is 12.1. The van der Waals surface area contributed by atoms with Crippen molar-refractivity contribution in [3.63, 3.8) is 0 Å². The van der Waals surface area contributed by atoms with E-state index >= 15 is 0 Å². The third-order valence-corrected chi connectivity index (χ3v) is 2.60. The van der Waals surface area contributed by atoms with Gasteiger partial charge >= 0.3 is 0 Å². The van der Waals surface area contributed by atoms with E-state index in [1.165, 1.54) is 24.8 Å². The SMILES string of the molecule is CCCCC(C)NCc1cccc(N)c1. The molecule has 0 fully saturated rings. The molecule has 0 spiro atoms. The lowest BCUT2D eigenvalue weighted by Crippen LogP contribution is -2.25. The van der Waals surface area contributed by atoms with E-state index in [4.69, 9.17) is 5.73 Å². The van der Waals surface area contributed by atoms with Gasteiger partial charge in [0.1, 0.15) is 0 Å². The van der Waals surface area contributed by atoms with Crippen molar-refractivity contribution >= 4 is 5.69 Å². The molecule has 0 aromatic heterocycles. The first-order valence-corrected chi connectivity index (χ1v) is 5.80. The molecule has 0 aliphatic heterocycles. The molecule has 0 aliphatic rings. The molecule has 1 aromatic carbocycles. The fourth-order valence-corrected chi connectivity index (χ4v) is 1.61. The van der Waals surface area contributed by atoms with E-state index in [1.54, 1.807) is 0 Å². The molecule has 0 saturated heterocycles. The molecule has 15 heavy (non-hydrogen) atoms. The Balaban J connectivity index is 2.30. The molecule has 0 heterocycles. The van der Waals surface area contributed by atoms with E-state index in [9.17, 15) is 0 Å². The van der Waals surface area contributed by atoms with Crippen LogP contribution in [0, 0.1) is 0 Å². The van der Waals surface area contributed by atoms with Crippen molar-refractivity contribution in [3.8, 4) is 0 Å². The Labute approximate surface area is 92.9 Å². The largest absolute Gasteiger partial charge is 0.399 e. The second-order valence-electron chi connectivity index (χ2n) is 4.17. The average Bonchev–Trinajstić information content (AvgIpc) is 2.23. The van der Waals surface area contributed by atoms with Crippen molar-refractivity contribution < 1.29 is 0 Å². The summed E-state index contributed by atoms with van der Waals surface area (Å²) in [4.78, 5) is 0. The maximum Gasteiger partial charge on any atom is 0.0317 e. The van der Waals surface area contributed by atoms with Crippen LogP contribution in [-0.4, -0.2) is 6.04 Å². The summed E-state index contributed by atoms with van der Waals surface area (Å²) in [6, 6.07) is 8.65. The van der Waals surface area contributed by atoms with Crippen LogP contribution in [0.4, 0.5) is 5.69 Å². The Hall–Kier alpha value is -1.02. The zero-order valence-electron chi connectivity index (χ0n) is 9.79. The van der Waals surface area contributed by atoms with Crippen molar-refractivity contribution in [1.82, 2.24) is 5.32 Å². The topological polar surface area (TPSA) is 38.0 Å². The van der Waals surface area contributed by atoms with Gasteiger partial charge < -0.3 is 11.1 Å². The van der Waals surface area contributed by atoms with Crippen molar-refractivity contribution in [2.45, 2.75) is 45.7 Å². The van der Waals surface area contributed by atoms with E-state index in [1.807, 2.05) is 18.2 Å². The highest BCUT2D eigenvalue weighted by Gasteiger charge is 2.00. The van der Waals surface area contributed by atoms with Crippen molar-refractivity contribution in [1.29, 1.82) is 0 Å². The summed E-state index contributed by atoms with van der Waals surface area (Å²) in [7, 11) is 0. The van der Waals surface area contributed by atoms with Gasteiger partial charge in [0.15, 0.2) is 0 Å². The van der Waals surface area contributed by atoms with Crippen LogP contribution in [0.5, 0.6) is 0 Å². The first-order chi connectivity index (χ1) is 7.22. The molecule has 0 radical (unpaired) electrons. The molecule has 84 valence electrons. The Bertz CT molecular complexity index is 284. The van der Waals surface area contributed by atoms with Crippen LogP contribution in [0.2, 0.25) is 0 Å². The van der Waals surface area contributed by atoms with Crippen LogP contribution < -0.4 is 11.1 Å². The fourth-order valence-electron chi connectivity index (χ4n) is 1.61. The lowest BCUT2D eigenvalue weighted by atomic mass is 10.1. The molecular weight excluding hydrogens is 184 g/mol. The molecule has 1 rings (SSSR count). The van der Waals surface area contributed by atoms with E-state index in [-0.39, 0.29) is 0 Å². The van der Waals surface area contributed by atoms with Gasteiger partial charge in [-0.2, -0.15) is 0 Å². The maximum atomic E-state index is 5.72. The molecule has 1 unspecified atom stereocenters. The lowest BCUT2D eigenvalue weighted by molar-refractivity contribution is 0.495. The summed E-state index contributed by atoms with van der Waals surface area (Å²) in [5, 5.41) is 3.51. The Morgan fingerprint density at radius 1 is 1.40 bits per heavy atom. The quantitative estimate of drug-likeness (QED) is 0.702. The summed E-state index contributed by atoms with van der Waals surface area (Å²) in [6.07, 6.45) is 3.81. The summed E-state index contributed by atoms with van der Waals surface area (Å²) < 4.78 is 0. The van der Waals surface area contributed by atoms with E-state index < -0.39 is 0 Å². The third kappa shape index (κ3) is 4.84. The van der Waals surface area contributed by atoms with Crippen LogP contribution in [-0.2, 0) is 6.54 Å². The molecule has 0 amide bonds. The van der Waals surface area contributed by atoms with Crippen molar-refractivity contribution in [2.75, 3.05) is 5.73 Å². The van der Waals surface area contributed by atoms with Crippen LogP contribution >= 0.6 is 0 Å².